The van der Waals surface area contributed by atoms with Gasteiger partial charge in [-0.15, -0.1) is 11.8 Å². The van der Waals surface area contributed by atoms with Gasteiger partial charge in [0.05, 0.1) is 22.1 Å². The molecule has 1 atom stereocenters. The van der Waals surface area contributed by atoms with E-state index in [9.17, 15) is 13.2 Å². The first kappa shape index (κ1) is 18.3. The number of carbonyl (C=O) groups excluding carboxylic acids is 1. The fourth-order valence-electron chi connectivity index (χ4n) is 4.42. The Kier molecular flexibility index (Phi) is 4.52. The zero-order valence-electron chi connectivity index (χ0n) is 15.5. The van der Waals surface area contributed by atoms with Gasteiger partial charge in [0, 0.05) is 31.8 Å². The van der Waals surface area contributed by atoms with Crippen molar-refractivity contribution in [2.75, 3.05) is 30.3 Å². The van der Waals surface area contributed by atoms with Crippen LogP contribution in [0.15, 0.2) is 39.8 Å². The van der Waals surface area contributed by atoms with E-state index in [0.717, 1.165) is 41.2 Å². The number of hydrogen-bond acceptors (Lipinski definition) is 5. The van der Waals surface area contributed by atoms with E-state index in [2.05, 4.69) is 0 Å². The zero-order chi connectivity index (χ0) is 19.3. The van der Waals surface area contributed by atoms with Crippen molar-refractivity contribution < 1.29 is 17.6 Å². The van der Waals surface area contributed by atoms with Gasteiger partial charge in [0.25, 0.3) is 0 Å². The molecule has 1 amide bonds. The molecule has 1 unspecified atom stereocenters. The van der Waals surface area contributed by atoms with Crippen LogP contribution in [0.3, 0.4) is 0 Å². The average molecular weight is 419 g/mol. The Labute approximate surface area is 168 Å². The molecule has 3 aliphatic heterocycles. The summed E-state index contributed by atoms with van der Waals surface area (Å²) in [5, 5.41) is 0.191. The molecule has 0 aliphatic carbocycles. The lowest BCUT2D eigenvalue weighted by molar-refractivity contribution is -0.118. The summed E-state index contributed by atoms with van der Waals surface area (Å²) in [6.07, 6.45) is 4.21. The fourth-order valence-corrected chi connectivity index (χ4v) is 7.27. The molecule has 0 radical (unpaired) electrons. The number of sulfonamides is 1. The maximum atomic E-state index is 13.4. The van der Waals surface area contributed by atoms with E-state index in [-0.39, 0.29) is 11.2 Å². The van der Waals surface area contributed by atoms with Crippen molar-refractivity contribution in [2.24, 2.45) is 0 Å². The van der Waals surface area contributed by atoms with E-state index in [4.69, 9.17) is 4.42 Å². The van der Waals surface area contributed by atoms with Gasteiger partial charge in [0.15, 0.2) is 0 Å². The van der Waals surface area contributed by atoms with Gasteiger partial charge in [-0.2, -0.15) is 4.31 Å². The summed E-state index contributed by atoms with van der Waals surface area (Å²) in [4.78, 5) is 14.3. The summed E-state index contributed by atoms with van der Waals surface area (Å²) in [6.45, 7) is 1.65. The summed E-state index contributed by atoms with van der Waals surface area (Å²) in [6, 6.07) is 7.41. The van der Waals surface area contributed by atoms with Gasteiger partial charge in [0.2, 0.25) is 15.9 Å². The Morgan fingerprint density at radius 1 is 1.07 bits per heavy atom. The maximum Gasteiger partial charge on any atom is 0.243 e. The van der Waals surface area contributed by atoms with Crippen LogP contribution in [0.2, 0.25) is 0 Å². The number of thioether (sulfide) groups is 1. The van der Waals surface area contributed by atoms with Crippen LogP contribution >= 0.6 is 11.8 Å². The quantitative estimate of drug-likeness (QED) is 0.766. The van der Waals surface area contributed by atoms with Crippen molar-refractivity contribution in [1.82, 2.24) is 4.31 Å². The molecule has 5 rings (SSSR count). The number of amides is 1. The van der Waals surface area contributed by atoms with Crippen molar-refractivity contribution in [1.29, 1.82) is 0 Å². The highest BCUT2D eigenvalue weighted by molar-refractivity contribution is 7.99. The highest BCUT2D eigenvalue weighted by Crippen LogP contribution is 2.40. The van der Waals surface area contributed by atoms with Crippen LogP contribution in [0.25, 0.3) is 0 Å². The lowest BCUT2D eigenvalue weighted by Crippen LogP contribution is -2.34. The van der Waals surface area contributed by atoms with Crippen LogP contribution in [-0.4, -0.2) is 44.0 Å². The Balaban J connectivity index is 1.43. The van der Waals surface area contributed by atoms with Crippen LogP contribution in [-0.2, 0) is 27.7 Å². The summed E-state index contributed by atoms with van der Waals surface area (Å²) in [5.74, 6) is 1.80. The molecule has 8 heteroatoms. The van der Waals surface area contributed by atoms with Gasteiger partial charge in [-0.1, -0.05) is 0 Å². The number of anilines is 1. The lowest BCUT2D eigenvalue weighted by atomic mass is 10.00. The molecule has 0 N–H and O–H groups in total. The van der Waals surface area contributed by atoms with Crippen molar-refractivity contribution in [3.8, 4) is 0 Å². The molecule has 1 aromatic carbocycles. The van der Waals surface area contributed by atoms with Gasteiger partial charge in [-0.3, -0.25) is 4.79 Å². The Hall–Kier alpha value is -1.77. The predicted molar refractivity (Wildman–Crippen MR) is 108 cm³/mol. The standard InChI is InChI=1S/C20H22N2O4S2/c23-19-4-3-14-12-16(13-15-5-8-22(19)20(14)15)28(24,25)21-7-6-18(27-11-9-21)17-2-1-10-26-17/h1-2,10,12-13,18H,3-9,11H2. The van der Waals surface area contributed by atoms with Gasteiger partial charge in [-0.05, 0) is 54.7 Å². The molecule has 28 heavy (non-hydrogen) atoms. The second-order valence-corrected chi connectivity index (χ2v) is 10.7. The van der Waals surface area contributed by atoms with Gasteiger partial charge in [-0.25, -0.2) is 8.42 Å². The molecule has 1 saturated heterocycles. The third-order valence-electron chi connectivity index (χ3n) is 5.82. The van der Waals surface area contributed by atoms with E-state index < -0.39 is 10.0 Å². The molecule has 4 heterocycles. The van der Waals surface area contributed by atoms with Gasteiger partial charge >= 0.3 is 0 Å². The Bertz CT molecular complexity index is 1020. The monoisotopic (exact) mass is 418 g/mol. The second kappa shape index (κ2) is 6.93. The number of rotatable bonds is 3. The molecule has 0 spiro atoms. The van der Waals surface area contributed by atoms with Gasteiger partial charge < -0.3 is 9.32 Å². The van der Waals surface area contributed by atoms with E-state index in [1.807, 2.05) is 17.0 Å². The molecule has 3 aliphatic rings. The predicted octanol–water partition coefficient (Wildman–Crippen LogP) is 2.98. The maximum absolute atomic E-state index is 13.4. The van der Waals surface area contributed by atoms with Crippen LogP contribution in [0.5, 0.6) is 0 Å². The summed E-state index contributed by atoms with van der Waals surface area (Å²) < 4.78 is 33.9. The average Bonchev–Trinajstić information content (AvgIpc) is 3.30. The zero-order valence-corrected chi connectivity index (χ0v) is 17.1. The minimum absolute atomic E-state index is 0.148. The van der Waals surface area contributed by atoms with Crippen LogP contribution in [0.1, 0.15) is 35.0 Å². The fraction of sp³-hybridized carbons (Fsp3) is 0.450. The number of benzene rings is 1. The van der Waals surface area contributed by atoms with E-state index in [1.54, 1.807) is 34.5 Å². The topological polar surface area (TPSA) is 70.8 Å². The molecular weight excluding hydrogens is 396 g/mol. The first-order chi connectivity index (χ1) is 13.5. The second-order valence-electron chi connectivity index (χ2n) is 7.45. The molecule has 1 fully saturated rings. The number of furan rings is 1. The molecule has 1 aromatic heterocycles. The Morgan fingerprint density at radius 3 is 2.68 bits per heavy atom. The third kappa shape index (κ3) is 2.98. The number of aryl methyl sites for hydroxylation is 1. The molecule has 0 bridgehead atoms. The number of carbonyl (C=O) groups is 1. The van der Waals surface area contributed by atoms with Crippen LogP contribution in [0, 0.1) is 0 Å². The molecule has 6 nitrogen and oxygen atoms in total. The Morgan fingerprint density at radius 2 is 1.89 bits per heavy atom. The normalized spacial score (nSPS) is 22.9. The minimum Gasteiger partial charge on any atom is -0.468 e. The molecule has 0 saturated carbocycles. The minimum atomic E-state index is -3.55. The lowest BCUT2D eigenvalue weighted by Gasteiger charge is -2.26. The van der Waals surface area contributed by atoms with Gasteiger partial charge in [0.1, 0.15) is 5.76 Å². The first-order valence-corrected chi connectivity index (χ1v) is 12.1. The highest BCUT2D eigenvalue weighted by Gasteiger charge is 2.35. The van der Waals surface area contributed by atoms with Crippen molar-refractivity contribution in [3.05, 3.63) is 47.4 Å². The highest BCUT2D eigenvalue weighted by atomic mass is 32.2. The molecule has 148 valence electrons. The van der Waals surface area contributed by atoms with Crippen molar-refractivity contribution in [3.63, 3.8) is 0 Å². The molecular formula is C20H22N2O4S2. The molecule has 2 aromatic rings. The van der Waals surface area contributed by atoms with E-state index in [1.165, 1.54) is 0 Å². The van der Waals surface area contributed by atoms with E-state index in [0.29, 0.717) is 37.4 Å². The van der Waals surface area contributed by atoms with Crippen LogP contribution < -0.4 is 4.90 Å². The van der Waals surface area contributed by atoms with Crippen LogP contribution in [0.4, 0.5) is 5.69 Å². The van der Waals surface area contributed by atoms with E-state index >= 15 is 0 Å². The summed E-state index contributed by atoms with van der Waals surface area (Å²) >= 11 is 1.75. The largest absolute Gasteiger partial charge is 0.468 e. The van der Waals surface area contributed by atoms with Crippen molar-refractivity contribution in [2.45, 2.75) is 35.8 Å². The summed E-state index contributed by atoms with van der Waals surface area (Å²) in [5.41, 5.74) is 2.94. The number of hydrogen-bond donors (Lipinski definition) is 0. The number of nitrogens with zero attached hydrogens (tertiary/aromatic N) is 2. The SMILES string of the molecule is O=C1CCc2cc(S(=O)(=O)N3CCSC(c4ccco4)CC3)cc3c2N1CC3. The smallest absolute Gasteiger partial charge is 0.243 e. The third-order valence-corrected chi connectivity index (χ3v) is 8.99. The first-order valence-electron chi connectivity index (χ1n) is 9.65. The van der Waals surface area contributed by atoms with Crippen molar-refractivity contribution >= 4 is 33.4 Å². The summed E-state index contributed by atoms with van der Waals surface area (Å²) in [7, 11) is -3.55.